The standard InChI is InChI=1S/C19H17NO3/c1-2-23-17-8-4-6-14(19(17)22)10-12-15-11-9-13-5-3-7-16(21)18(13)20-15/h3-12,21-22H,2H2,1H3. The van der Waals surface area contributed by atoms with Crippen LogP contribution >= 0.6 is 0 Å². The molecule has 0 fully saturated rings. The first-order valence-corrected chi connectivity index (χ1v) is 7.40. The van der Waals surface area contributed by atoms with Crippen molar-refractivity contribution >= 4 is 23.1 Å². The number of para-hydroxylation sites is 2. The van der Waals surface area contributed by atoms with Crippen molar-refractivity contribution in [1.82, 2.24) is 4.98 Å². The van der Waals surface area contributed by atoms with Crippen molar-refractivity contribution in [3.8, 4) is 17.2 Å². The Morgan fingerprint density at radius 1 is 1.00 bits per heavy atom. The molecular formula is C19H17NO3. The molecule has 116 valence electrons. The Morgan fingerprint density at radius 2 is 1.83 bits per heavy atom. The Hall–Kier alpha value is -3.01. The maximum Gasteiger partial charge on any atom is 0.165 e. The molecule has 3 rings (SSSR count). The predicted octanol–water partition coefficient (Wildman–Crippen LogP) is 4.22. The number of nitrogens with zero attached hydrogens (tertiary/aromatic N) is 1. The normalized spacial score (nSPS) is 11.2. The van der Waals surface area contributed by atoms with Gasteiger partial charge in [0.1, 0.15) is 11.3 Å². The molecule has 0 saturated carbocycles. The fourth-order valence-electron chi connectivity index (χ4n) is 2.36. The molecule has 0 unspecified atom stereocenters. The van der Waals surface area contributed by atoms with Gasteiger partial charge in [0.15, 0.2) is 11.5 Å². The van der Waals surface area contributed by atoms with Crippen molar-refractivity contribution in [2.75, 3.05) is 6.61 Å². The van der Waals surface area contributed by atoms with Gasteiger partial charge in [-0.2, -0.15) is 0 Å². The quantitative estimate of drug-likeness (QED) is 0.757. The summed E-state index contributed by atoms with van der Waals surface area (Å²) in [5, 5.41) is 20.9. The van der Waals surface area contributed by atoms with Crippen LogP contribution in [-0.4, -0.2) is 21.8 Å². The van der Waals surface area contributed by atoms with Crippen LogP contribution in [0.15, 0.2) is 48.5 Å². The summed E-state index contributed by atoms with van der Waals surface area (Å²) in [5.74, 6) is 0.715. The van der Waals surface area contributed by atoms with Gasteiger partial charge in [0, 0.05) is 10.9 Å². The van der Waals surface area contributed by atoms with Crippen molar-refractivity contribution in [3.63, 3.8) is 0 Å². The van der Waals surface area contributed by atoms with Gasteiger partial charge in [-0.15, -0.1) is 0 Å². The molecule has 4 nitrogen and oxygen atoms in total. The lowest BCUT2D eigenvalue weighted by Crippen LogP contribution is -1.92. The molecule has 23 heavy (non-hydrogen) atoms. The molecule has 0 aliphatic rings. The number of ether oxygens (including phenoxy) is 1. The molecule has 4 heteroatoms. The number of rotatable bonds is 4. The van der Waals surface area contributed by atoms with Crippen LogP contribution in [0.5, 0.6) is 17.2 Å². The van der Waals surface area contributed by atoms with Gasteiger partial charge in [-0.05, 0) is 37.3 Å². The monoisotopic (exact) mass is 307 g/mol. The van der Waals surface area contributed by atoms with Crippen LogP contribution in [-0.2, 0) is 0 Å². The summed E-state index contributed by atoms with van der Waals surface area (Å²) in [7, 11) is 0. The number of benzene rings is 2. The number of fused-ring (bicyclic) bond motifs is 1. The summed E-state index contributed by atoms with van der Waals surface area (Å²) in [4.78, 5) is 4.43. The molecule has 0 atom stereocenters. The molecule has 0 aliphatic heterocycles. The Bertz CT molecular complexity index is 872. The van der Waals surface area contributed by atoms with Crippen LogP contribution in [0.2, 0.25) is 0 Å². The van der Waals surface area contributed by atoms with Gasteiger partial charge in [0.25, 0.3) is 0 Å². The Balaban J connectivity index is 1.94. The third-order valence-corrected chi connectivity index (χ3v) is 3.48. The number of hydrogen-bond donors (Lipinski definition) is 2. The first-order valence-electron chi connectivity index (χ1n) is 7.40. The third kappa shape index (κ3) is 3.11. The molecule has 0 radical (unpaired) electrons. The summed E-state index contributed by atoms with van der Waals surface area (Å²) < 4.78 is 5.37. The molecular weight excluding hydrogens is 290 g/mol. The maximum absolute atomic E-state index is 10.2. The lowest BCUT2D eigenvalue weighted by Gasteiger charge is -2.07. The van der Waals surface area contributed by atoms with E-state index in [4.69, 9.17) is 4.74 Å². The highest BCUT2D eigenvalue weighted by atomic mass is 16.5. The van der Waals surface area contributed by atoms with Crippen molar-refractivity contribution in [1.29, 1.82) is 0 Å². The fourth-order valence-corrected chi connectivity index (χ4v) is 2.36. The largest absolute Gasteiger partial charge is 0.506 e. The molecule has 2 aromatic carbocycles. The van der Waals surface area contributed by atoms with Crippen LogP contribution in [0.3, 0.4) is 0 Å². The van der Waals surface area contributed by atoms with Crippen molar-refractivity contribution in [2.24, 2.45) is 0 Å². The van der Waals surface area contributed by atoms with Crippen LogP contribution in [0.25, 0.3) is 23.1 Å². The van der Waals surface area contributed by atoms with E-state index in [1.165, 1.54) is 0 Å². The summed E-state index contributed by atoms with van der Waals surface area (Å²) in [6, 6.07) is 14.4. The van der Waals surface area contributed by atoms with E-state index in [-0.39, 0.29) is 11.5 Å². The molecule has 1 heterocycles. The zero-order chi connectivity index (χ0) is 16.2. The van der Waals surface area contributed by atoms with Crippen LogP contribution in [0.1, 0.15) is 18.2 Å². The van der Waals surface area contributed by atoms with E-state index in [0.29, 0.717) is 29.1 Å². The van der Waals surface area contributed by atoms with Crippen molar-refractivity contribution in [3.05, 3.63) is 59.8 Å². The minimum absolute atomic E-state index is 0.106. The molecule has 0 aliphatic carbocycles. The van der Waals surface area contributed by atoms with Crippen LogP contribution in [0, 0.1) is 0 Å². The first-order chi connectivity index (χ1) is 11.2. The number of pyridine rings is 1. The molecule has 1 aromatic heterocycles. The highest BCUT2D eigenvalue weighted by Gasteiger charge is 2.05. The lowest BCUT2D eigenvalue weighted by molar-refractivity contribution is 0.318. The van der Waals surface area contributed by atoms with E-state index in [2.05, 4.69) is 4.98 Å². The highest BCUT2D eigenvalue weighted by Crippen LogP contribution is 2.31. The summed E-state index contributed by atoms with van der Waals surface area (Å²) >= 11 is 0. The van der Waals surface area contributed by atoms with Gasteiger partial charge in [-0.3, -0.25) is 0 Å². The minimum atomic E-state index is 0.106. The van der Waals surface area contributed by atoms with Gasteiger partial charge in [-0.25, -0.2) is 4.98 Å². The van der Waals surface area contributed by atoms with E-state index >= 15 is 0 Å². The lowest BCUT2D eigenvalue weighted by atomic mass is 10.1. The number of phenolic OH excluding ortho intramolecular Hbond substituents is 2. The average Bonchev–Trinajstić information content (AvgIpc) is 2.56. The number of aromatic hydroxyl groups is 2. The molecule has 2 N–H and O–H groups in total. The number of aromatic nitrogens is 1. The molecule has 0 spiro atoms. The first kappa shape index (κ1) is 14.9. The van der Waals surface area contributed by atoms with Crippen molar-refractivity contribution < 1.29 is 14.9 Å². The second-order valence-electron chi connectivity index (χ2n) is 5.05. The number of hydrogen-bond acceptors (Lipinski definition) is 4. The van der Waals surface area contributed by atoms with Crippen molar-refractivity contribution in [2.45, 2.75) is 6.92 Å². The predicted molar refractivity (Wildman–Crippen MR) is 91.6 cm³/mol. The molecule has 0 amide bonds. The third-order valence-electron chi connectivity index (χ3n) is 3.48. The van der Waals surface area contributed by atoms with E-state index < -0.39 is 0 Å². The average molecular weight is 307 g/mol. The topological polar surface area (TPSA) is 62.6 Å². The van der Waals surface area contributed by atoms with E-state index in [1.54, 1.807) is 36.4 Å². The molecule has 3 aromatic rings. The second-order valence-corrected chi connectivity index (χ2v) is 5.05. The highest BCUT2D eigenvalue weighted by molar-refractivity contribution is 5.86. The number of phenols is 2. The zero-order valence-corrected chi connectivity index (χ0v) is 12.7. The molecule has 0 saturated heterocycles. The summed E-state index contributed by atoms with van der Waals surface area (Å²) in [6.45, 7) is 2.36. The fraction of sp³-hybridized carbons (Fsp3) is 0.105. The summed E-state index contributed by atoms with van der Waals surface area (Å²) in [6.07, 6.45) is 3.56. The second kappa shape index (κ2) is 6.40. The SMILES string of the molecule is CCOc1cccc(C=Cc2ccc3cccc(O)c3n2)c1O. The Labute approximate surface area is 134 Å². The van der Waals surface area contributed by atoms with Crippen LogP contribution < -0.4 is 4.74 Å². The maximum atomic E-state index is 10.2. The van der Waals surface area contributed by atoms with E-state index in [0.717, 1.165) is 5.39 Å². The zero-order valence-electron chi connectivity index (χ0n) is 12.7. The smallest absolute Gasteiger partial charge is 0.165 e. The van der Waals surface area contributed by atoms with E-state index in [9.17, 15) is 10.2 Å². The Kier molecular flexibility index (Phi) is 4.15. The van der Waals surface area contributed by atoms with Gasteiger partial charge in [0.2, 0.25) is 0 Å². The van der Waals surface area contributed by atoms with Gasteiger partial charge >= 0.3 is 0 Å². The minimum Gasteiger partial charge on any atom is -0.506 e. The molecule has 0 bridgehead atoms. The Morgan fingerprint density at radius 3 is 2.65 bits per heavy atom. The summed E-state index contributed by atoms with van der Waals surface area (Å²) in [5.41, 5.74) is 1.90. The van der Waals surface area contributed by atoms with Gasteiger partial charge < -0.3 is 14.9 Å². The van der Waals surface area contributed by atoms with Gasteiger partial charge in [0.05, 0.1) is 12.3 Å². The van der Waals surface area contributed by atoms with E-state index in [1.807, 2.05) is 31.2 Å². The van der Waals surface area contributed by atoms with Gasteiger partial charge in [-0.1, -0.05) is 30.3 Å². The van der Waals surface area contributed by atoms with Crippen LogP contribution in [0.4, 0.5) is 0 Å².